The lowest BCUT2D eigenvalue weighted by Crippen LogP contribution is -2.24. The van der Waals surface area contributed by atoms with Gasteiger partial charge in [-0.05, 0) is 42.7 Å². The number of amides is 2. The lowest BCUT2D eigenvalue weighted by atomic mass is 9.95. The summed E-state index contributed by atoms with van der Waals surface area (Å²) in [5, 5.41) is 3.31. The molecule has 3 rings (SSSR count). The molecule has 126 valence electrons. The number of fused-ring (bicyclic) bond motifs is 1. The Kier molecular flexibility index (Phi) is 5.30. The molecule has 2 aromatic rings. The number of hydrogen-bond donors (Lipinski definition) is 2. The van der Waals surface area contributed by atoms with Gasteiger partial charge in [0.15, 0.2) is 5.78 Å². The molecule has 1 aliphatic carbocycles. The summed E-state index contributed by atoms with van der Waals surface area (Å²) in [6.07, 6.45) is 2.13. The molecule has 0 fully saturated rings. The SMILES string of the molecule is C=S(NC(=O)Nc1ccc(Cl)cc1)c1sc(Cl)c2c1C(=O)CCC2. The zero-order chi connectivity index (χ0) is 17.3. The number of carbonyl (C=O) groups is 2. The maximum absolute atomic E-state index is 12.2. The van der Waals surface area contributed by atoms with E-state index in [4.69, 9.17) is 23.2 Å². The summed E-state index contributed by atoms with van der Waals surface area (Å²) in [7, 11) is -0.856. The summed E-state index contributed by atoms with van der Waals surface area (Å²) in [6, 6.07) is 6.40. The van der Waals surface area contributed by atoms with Gasteiger partial charge >= 0.3 is 6.03 Å². The minimum Gasteiger partial charge on any atom is -0.307 e. The third-order valence-corrected chi connectivity index (χ3v) is 7.04. The fourth-order valence-electron chi connectivity index (χ4n) is 2.49. The highest BCUT2D eigenvalue weighted by Gasteiger charge is 2.27. The van der Waals surface area contributed by atoms with Crippen LogP contribution in [0, 0.1) is 0 Å². The number of Topliss-reactive ketones (excluding diaryl/α,β-unsaturated/α-hetero) is 1. The molecule has 1 aromatic heterocycles. The van der Waals surface area contributed by atoms with E-state index in [9.17, 15) is 9.59 Å². The molecular weight excluding hydrogens is 387 g/mol. The third-order valence-electron chi connectivity index (χ3n) is 3.58. The molecule has 0 aliphatic heterocycles. The van der Waals surface area contributed by atoms with Gasteiger partial charge < -0.3 is 5.32 Å². The minimum absolute atomic E-state index is 0.0791. The zero-order valence-corrected chi connectivity index (χ0v) is 15.7. The second-order valence-electron chi connectivity index (χ2n) is 5.25. The van der Waals surface area contributed by atoms with Crippen molar-refractivity contribution < 1.29 is 9.59 Å². The zero-order valence-electron chi connectivity index (χ0n) is 12.5. The molecule has 0 saturated heterocycles. The monoisotopic (exact) mass is 400 g/mol. The van der Waals surface area contributed by atoms with E-state index < -0.39 is 16.7 Å². The van der Waals surface area contributed by atoms with Crippen LogP contribution in [0.2, 0.25) is 9.36 Å². The standard InChI is InChI=1S/C16H14Cl2N2O2S2/c1-24(20-16(22)19-10-7-5-9(17)6-8-10)15-13-11(14(18)23-15)3-2-4-12(13)21/h5-8H,1-4H2,(H2,19,20,22). The predicted octanol–water partition coefficient (Wildman–Crippen LogP) is 5.37. The maximum atomic E-state index is 12.2. The summed E-state index contributed by atoms with van der Waals surface area (Å²) in [5.41, 5.74) is 2.17. The van der Waals surface area contributed by atoms with Crippen molar-refractivity contribution in [1.82, 2.24) is 4.72 Å². The average Bonchev–Trinajstić information content (AvgIpc) is 2.88. The van der Waals surface area contributed by atoms with Gasteiger partial charge in [-0.25, -0.2) is 4.79 Å². The van der Waals surface area contributed by atoms with Crippen molar-refractivity contribution in [3.05, 3.63) is 44.8 Å². The van der Waals surface area contributed by atoms with Gasteiger partial charge in [0, 0.05) is 22.7 Å². The van der Waals surface area contributed by atoms with Crippen molar-refractivity contribution >= 4 is 68.6 Å². The molecule has 2 N–H and O–H groups in total. The predicted molar refractivity (Wildman–Crippen MR) is 103 cm³/mol. The lowest BCUT2D eigenvalue weighted by molar-refractivity contribution is 0.0970. The van der Waals surface area contributed by atoms with E-state index >= 15 is 0 Å². The molecule has 2 amide bonds. The molecule has 8 heteroatoms. The molecule has 1 aromatic carbocycles. The smallest absolute Gasteiger partial charge is 0.307 e. The average molecular weight is 401 g/mol. The number of carbonyl (C=O) groups excluding carboxylic acids is 2. The highest BCUT2D eigenvalue weighted by molar-refractivity contribution is 8.14. The summed E-state index contributed by atoms with van der Waals surface area (Å²) in [5.74, 6) is 4.07. The van der Waals surface area contributed by atoms with Crippen molar-refractivity contribution in [1.29, 1.82) is 0 Å². The van der Waals surface area contributed by atoms with Gasteiger partial charge in [-0.3, -0.25) is 9.52 Å². The van der Waals surface area contributed by atoms with Crippen LogP contribution in [-0.2, 0) is 6.42 Å². The van der Waals surface area contributed by atoms with Crippen LogP contribution in [0.1, 0.15) is 28.8 Å². The summed E-state index contributed by atoms with van der Waals surface area (Å²) < 4.78 is 4.14. The van der Waals surface area contributed by atoms with Crippen LogP contribution < -0.4 is 10.0 Å². The van der Waals surface area contributed by atoms with Crippen molar-refractivity contribution in [2.75, 3.05) is 5.32 Å². The van der Waals surface area contributed by atoms with Gasteiger partial charge in [0.1, 0.15) is 0 Å². The first kappa shape index (κ1) is 17.5. The number of rotatable bonds is 3. The van der Waals surface area contributed by atoms with E-state index in [1.54, 1.807) is 24.3 Å². The molecule has 1 unspecified atom stereocenters. The van der Waals surface area contributed by atoms with Crippen LogP contribution in [-0.4, -0.2) is 17.7 Å². The first-order chi connectivity index (χ1) is 11.5. The quantitative estimate of drug-likeness (QED) is 0.680. The molecule has 0 saturated carbocycles. The Morgan fingerprint density at radius 3 is 2.62 bits per heavy atom. The first-order valence-corrected chi connectivity index (χ1v) is 10.1. The number of nitrogens with one attached hydrogen (secondary N) is 2. The van der Waals surface area contributed by atoms with Gasteiger partial charge in [-0.1, -0.05) is 39.7 Å². The normalized spacial score (nSPS) is 14.8. The van der Waals surface area contributed by atoms with E-state index in [2.05, 4.69) is 15.9 Å². The van der Waals surface area contributed by atoms with Crippen LogP contribution in [0.3, 0.4) is 0 Å². The van der Waals surface area contributed by atoms with Crippen molar-refractivity contribution in [2.24, 2.45) is 0 Å². The largest absolute Gasteiger partial charge is 0.329 e. The number of halogens is 2. The Hall–Kier alpha value is -1.34. The molecule has 0 spiro atoms. The van der Waals surface area contributed by atoms with Gasteiger partial charge in [-0.15, -0.1) is 11.3 Å². The van der Waals surface area contributed by atoms with E-state index in [1.807, 2.05) is 0 Å². The molecule has 1 atom stereocenters. The molecule has 1 heterocycles. The van der Waals surface area contributed by atoms with Crippen LogP contribution in [0.15, 0.2) is 28.5 Å². The number of benzene rings is 1. The van der Waals surface area contributed by atoms with E-state index in [1.165, 1.54) is 11.3 Å². The maximum Gasteiger partial charge on any atom is 0.329 e. The van der Waals surface area contributed by atoms with Crippen LogP contribution in [0.5, 0.6) is 0 Å². The number of urea groups is 1. The number of hydrogen-bond acceptors (Lipinski definition) is 3. The lowest BCUT2D eigenvalue weighted by Gasteiger charge is -2.14. The Labute approximate surface area is 156 Å². The van der Waals surface area contributed by atoms with E-state index in [0.717, 1.165) is 22.6 Å². The van der Waals surface area contributed by atoms with Crippen molar-refractivity contribution in [3.63, 3.8) is 0 Å². The molecule has 0 radical (unpaired) electrons. The Bertz CT molecular complexity index is 831. The third kappa shape index (κ3) is 3.67. The molecular formula is C16H14Cl2N2O2S2. The summed E-state index contributed by atoms with van der Waals surface area (Å²) in [4.78, 5) is 24.4. The minimum atomic E-state index is -0.856. The Morgan fingerprint density at radius 1 is 1.21 bits per heavy atom. The topological polar surface area (TPSA) is 58.2 Å². The fraction of sp³-hybridized carbons (Fsp3) is 0.188. The molecule has 4 nitrogen and oxygen atoms in total. The van der Waals surface area contributed by atoms with E-state index in [-0.39, 0.29) is 5.78 Å². The van der Waals surface area contributed by atoms with Crippen LogP contribution >= 0.6 is 45.2 Å². The van der Waals surface area contributed by atoms with Crippen LogP contribution in [0.25, 0.3) is 0 Å². The van der Waals surface area contributed by atoms with Gasteiger partial charge in [0.2, 0.25) is 0 Å². The van der Waals surface area contributed by atoms with Gasteiger partial charge in [0.25, 0.3) is 0 Å². The molecule has 24 heavy (non-hydrogen) atoms. The van der Waals surface area contributed by atoms with Crippen molar-refractivity contribution in [2.45, 2.75) is 23.5 Å². The number of thiophene rings is 1. The molecule has 1 aliphatic rings. The van der Waals surface area contributed by atoms with E-state index in [0.29, 0.717) is 27.0 Å². The Morgan fingerprint density at radius 2 is 1.92 bits per heavy atom. The summed E-state index contributed by atoms with van der Waals surface area (Å²) >= 11 is 13.4. The second kappa shape index (κ2) is 7.27. The highest BCUT2D eigenvalue weighted by Crippen LogP contribution is 2.43. The number of anilines is 1. The fourth-order valence-corrected chi connectivity index (χ4v) is 5.63. The van der Waals surface area contributed by atoms with Gasteiger partial charge in [-0.2, -0.15) is 0 Å². The van der Waals surface area contributed by atoms with Crippen molar-refractivity contribution in [3.8, 4) is 0 Å². The Balaban J connectivity index is 1.74. The number of ketones is 1. The molecule has 0 bridgehead atoms. The first-order valence-electron chi connectivity index (χ1n) is 7.17. The highest BCUT2D eigenvalue weighted by atomic mass is 35.5. The second-order valence-corrected chi connectivity index (χ2v) is 8.96. The van der Waals surface area contributed by atoms with Gasteiger partial charge in [0.05, 0.1) is 8.55 Å². The van der Waals surface area contributed by atoms with Crippen LogP contribution in [0.4, 0.5) is 10.5 Å². The summed E-state index contributed by atoms with van der Waals surface area (Å²) in [6.45, 7) is 0.